The molecule has 0 fully saturated rings. The normalized spacial score (nSPS) is 11.2. The summed E-state index contributed by atoms with van der Waals surface area (Å²) in [5.74, 6) is 0.0296. The first-order valence-electron chi connectivity index (χ1n) is 7.43. The Morgan fingerprint density at radius 2 is 1.70 bits per heavy atom. The standard InChI is InChI=1S/C18H22N2O3/c1-12(21)16-10-14(11-20(16)5)13-6-8-15(9-7-13)19-17(22)23-18(2,3)4/h6-11H,1-5H3,(H,19,22). The maximum atomic E-state index is 11.7. The first-order valence-corrected chi connectivity index (χ1v) is 7.43. The van der Waals surface area contributed by atoms with Crippen LogP contribution < -0.4 is 5.32 Å². The lowest BCUT2D eigenvalue weighted by Crippen LogP contribution is -2.27. The maximum absolute atomic E-state index is 11.7. The second kappa shape index (κ2) is 6.28. The Hall–Kier alpha value is -2.56. The molecule has 2 aromatic rings. The highest BCUT2D eigenvalue weighted by atomic mass is 16.6. The van der Waals surface area contributed by atoms with Crippen molar-refractivity contribution in [2.75, 3.05) is 5.32 Å². The summed E-state index contributed by atoms with van der Waals surface area (Å²) in [5, 5.41) is 2.69. The maximum Gasteiger partial charge on any atom is 0.412 e. The molecule has 1 aromatic heterocycles. The molecule has 1 heterocycles. The fourth-order valence-corrected chi connectivity index (χ4v) is 2.24. The summed E-state index contributed by atoms with van der Waals surface area (Å²) < 4.78 is 7.02. The van der Waals surface area contributed by atoms with Crippen LogP contribution in [0, 0.1) is 0 Å². The molecule has 0 radical (unpaired) electrons. The zero-order chi connectivity index (χ0) is 17.2. The molecule has 5 nitrogen and oxygen atoms in total. The van der Waals surface area contributed by atoms with Gasteiger partial charge in [0.15, 0.2) is 5.78 Å². The van der Waals surface area contributed by atoms with Crippen molar-refractivity contribution in [2.45, 2.75) is 33.3 Å². The summed E-state index contributed by atoms with van der Waals surface area (Å²) in [5.41, 5.74) is 2.72. The molecule has 0 atom stereocenters. The molecule has 2 rings (SSSR count). The summed E-state index contributed by atoms with van der Waals surface area (Å²) >= 11 is 0. The van der Waals surface area contributed by atoms with Gasteiger partial charge in [-0.1, -0.05) is 12.1 Å². The number of carbonyl (C=O) groups is 2. The molecule has 0 aliphatic heterocycles. The molecule has 1 aromatic carbocycles. The number of nitrogens with zero attached hydrogens (tertiary/aromatic N) is 1. The molecular weight excluding hydrogens is 292 g/mol. The minimum absolute atomic E-state index is 0.0296. The third kappa shape index (κ3) is 4.45. The van der Waals surface area contributed by atoms with E-state index in [1.54, 1.807) is 19.1 Å². The average Bonchev–Trinajstić information content (AvgIpc) is 2.79. The SMILES string of the molecule is CC(=O)c1cc(-c2ccc(NC(=O)OC(C)(C)C)cc2)cn1C. The Morgan fingerprint density at radius 1 is 1.09 bits per heavy atom. The minimum Gasteiger partial charge on any atom is -0.444 e. The van der Waals surface area contributed by atoms with Crippen LogP contribution in [0.2, 0.25) is 0 Å². The number of hydrogen-bond donors (Lipinski definition) is 1. The molecule has 0 bridgehead atoms. The number of amides is 1. The van der Waals surface area contributed by atoms with Gasteiger partial charge in [0.2, 0.25) is 0 Å². The van der Waals surface area contributed by atoms with Crippen molar-refractivity contribution in [3.8, 4) is 11.1 Å². The van der Waals surface area contributed by atoms with Gasteiger partial charge >= 0.3 is 6.09 Å². The molecule has 0 aliphatic carbocycles. The van der Waals surface area contributed by atoms with Gasteiger partial charge in [0.05, 0.1) is 5.69 Å². The molecule has 0 aliphatic rings. The lowest BCUT2D eigenvalue weighted by Gasteiger charge is -2.19. The van der Waals surface area contributed by atoms with Crippen molar-refractivity contribution in [1.29, 1.82) is 0 Å². The Bertz CT molecular complexity index is 722. The van der Waals surface area contributed by atoms with Gasteiger partial charge < -0.3 is 9.30 Å². The summed E-state index contributed by atoms with van der Waals surface area (Å²) in [6.45, 7) is 7.00. The second-order valence-electron chi connectivity index (χ2n) is 6.49. The quantitative estimate of drug-likeness (QED) is 0.862. The fraction of sp³-hybridized carbons (Fsp3) is 0.333. The van der Waals surface area contributed by atoms with Crippen LogP contribution in [-0.2, 0) is 11.8 Å². The van der Waals surface area contributed by atoms with E-state index in [0.29, 0.717) is 11.4 Å². The molecule has 0 unspecified atom stereocenters. The summed E-state index contributed by atoms with van der Waals surface area (Å²) in [7, 11) is 1.85. The Labute approximate surface area is 136 Å². The van der Waals surface area contributed by atoms with Gasteiger partial charge in [-0.25, -0.2) is 4.79 Å². The highest BCUT2D eigenvalue weighted by Gasteiger charge is 2.16. The van der Waals surface area contributed by atoms with Crippen molar-refractivity contribution in [3.63, 3.8) is 0 Å². The van der Waals surface area contributed by atoms with E-state index >= 15 is 0 Å². The van der Waals surface area contributed by atoms with E-state index in [1.807, 2.05) is 56.8 Å². The molecular formula is C18H22N2O3. The number of Topliss-reactive ketones (excluding diaryl/α,β-unsaturated/α-hetero) is 1. The largest absolute Gasteiger partial charge is 0.444 e. The molecule has 0 spiro atoms. The third-order valence-corrected chi connectivity index (χ3v) is 3.23. The first-order chi connectivity index (χ1) is 10.7. The highest BCUT2D eigenvalue weighted by Crippen LogP contribution is 2.24. The Kier molecular flexibility index (Phi) is 4.59. The fourth-order valence-electron chi connectivity index (χ4n) is 2.24. The topological polar surface area (TPSA) is 60.3 Å². The zero-order valence-corrected chi connectivity index (χ0v) is 14.1. The Morgan fingerprint density at radius 3 is 2.17 bits per heavy atom. The van der Waals surface area contributed by atoms with Gasteiger partial charge in [-0.2, -0.15) is 0 Å². The van der Waals surface area contributed by atoms with E-state index in [0.717, 1.165) is 11.1 Å². The molecule has 1 amide bonds. The number of rotatable bonds is 3. The lowest BCUT2D eigenvalue weighted by atomic mass is 10.1. The number of benzene rings is 1. The number of ether oxygens (including phenoxy) is 1. The predicted octanol–water partition coefficient (Wildman–Crippen LogP) is 4.24. The van der Waals surface area contributed by atoms with E-state index in [-0.39, 0.29) is 5.78 Å². The van der Waals surface area contributed by atoms with E-state index in [2.05, 4.69) is 5.32 Å². The summed E-state index contributed by atoms with van der Waals surface area (Å²) in [4.78, 5) is 23.2. The Balaban J connectivity index is 2.12. The smallest absolute Gasteiger partial charge is 0.412 e. The van der Waals surface area contributed by atoms with Crippen LogP contribution in [0.1, 0.15) is 38.2 Å². The van der Waals surface area contributed by atoms with Gasteiger partial charge in [-0.15, -0.1) is 0 Å². The predicted molar refractivity (Wildman–Crippen MR) is 90.7 cm³/mol. The van der Waals surface area contributed by atoms with E-state index in [4.69, 9.17) is 4.74 Å². The second-order valence-corrected chi connectivity index (χ2v) is 6.49. The molecule has 5 heteroatoms. The van der Waals surface area contributed by atoms with Crippen LogP contribution in [0.15, 0.2) is 36.5 Å². The molecule has 122 valence electrons. The third-order valence-electron chi connectivity index (χ3n) is 3.23. The average molecular weight is 314 g/mol. The number of hydrogen-bond acceptors (Lipinski definition) is 3. The van der Waals surface area contributed by atoms with Crippen LogP contribution in [0.3, 0.4) is 0 Å². The van der Waals surface area contributed by atoms with Crippen molar-refractivity contribution in [2.24, 2.45) is 7.05 Å². The van der Waals surface area contributed by atoms with Gasteiger partial charge in [0.25, 0.3) is 0 Å². The number of carbonyl (C=O) groups excluding carboxylic acids is 2. The van der Waals surface area contributed by atoms with E-state index < -0.39 is 11.7 Å². The van der Waals surface area contributed by atoms with Crippen molar-refractivity contribution in [3.05, 3.63) is 42.2 Å². The van der Waals surface area contributed by atoms with E-state index in [9.17, 15) is 9.59 Å². The van der Waals surface area contributed by atoms with Crippen molar-refractivity contribution >= 4 is 17.6 Å². The zero-order valence-electron chi connectivity index (χ0n) is 14.1. The highest BCUT2D eigenvalue weighted by molar-refractivity contribution is 5.94. The number of aromatic nitrogens is 1. The number of anilines is 1. The first kappa shape index (κ1) is 16.8. The van der Waals surface area contributed by atoms with Gasteiger partial charge in [-0.3, -0.25) is 10.1 Å². The van der Waals surface area contributed by atoms with E-state index in [1.165, 1.54) is 0 Å². The van der Waals surface area contributed by atoms with Crippen LogP contribution in [0.4, 0.5) is 10.5 Å². The molecule has 0 saturated carbocycles. The molecule has 1 N–H and O–H groups in total. The number of nitrogens with one attached hydrogen (secondary N) is 1. The van der Waals surface area contributed by atoms with Gasteiger partial charge in [0.1, 0.15) is 5.60 Å². The monoisotopic (exact) mass is 314 g/mol. The summed E-state index contributed by atoms with van der Waals surface area (Å²) in [6, 6.07) is 9.26. The lowest BCUT2D eigenvalue weighted by molar-refractivity contribution is 0.0635. The number of aryl methyl sites for hydroxylation is 1. The van der Waals surface area contributed by atoms with Crippen LogP contribution in [0.5, 0.6) is 0 Å². The van der Waals surface area contributed by atoms with Gasteiger partial charge in [0, 0.05) is 31.4 Å². The summed E-state index contributed by atoms with van der Waals surface area (Å²) in [6.07, 6.45) is 1.43. The molecule has 0 saturated heterocycles. The van der Waals surface area contributed by atoms with Crippen LogP contribution >= 0.6 is 0 Å². The molecule has 23 heavy (non-hydrogen) atoms. The number of ketones is 1. The van der Waals surface area contributed by atoms with Crippen LogP contribution in [-0.4, -0.2) is 22.0 Å². The van der Waals surface area contributed by atoms with Crippen LogP contribution in [0.25, 0.3) is 11.1 Å². The van der Waals surface area contributed by atoms with Gasteiger partial charge in [-0.05, 0) is 44.5 Å². The minimum atomic E-state index is -0.531. The van der Waals surface area contributed by atoms with Crippen molar-refractivity contribution in [1.82, 2.24) is 4.57 Å². The van der Waals surface area contributed by atoms with Crippen molar-refractivity contribution < 1.29 is 14.3 Å².